The molecule has 1 aliphatic carbocycles. The lowest BCUT2D eigenvalue weighted by Gasteiger charge is -2.13. The van der Waals surface area contributed by atoms with Gasteiger partial charge >= 0.3 is 0 Å². The van der Waals surface area contributed by atoms with Crippen LogP contribution in [0.15, 0.2) is 31.2 Å². The van der Waals surface area contributed by atoms with Crippen LogP contribution in [-0.4, -0.2) is 41.2 Å². The van der Waals surface area contributed by atoms with Crippen LogP contribution < -0.4 is 5.32 Å². The molecule has 0 saturated heterocycles. The Morgan fingerprint density at radius 2 is 1.93 bits per heavy atom. The maximum absolute atomic E-state index is 4.86. The van der Waals surface area contributed by atoms with Crippen LogP contribution in [-0.2, 0) is 19.4 Å². The predicted octanol–water partition coefficient (Wildman–Crippen LogP) is 3.51. The molecule has 0 unspecified atom stereocenters. The van der Waals surface area contributed by atoms with Gasteiger partial charge in [-0.15, -0.1) is 21.5 Å². The summed E-state index contributed by atoms with van der Waals surface area (Å²) >= 11 is 1.81. The highest BCUT2D eigenvalue weighted by Gasteiger charge is 2.21. The van der Waals surface area contributed by atoms with Crippen molar-refractivity contribution in [3.05, 3.63) is 41.7 Å². The van der Waals surface area contributed by atoms with Crippen molar-refractivity contribution in [3.63, 3.8) is 0 Å². The summed E-state index contributed by atoms with van der Waals surface area (Å²) in [6, 6.07) is 0. The van der Waals surface area contributed by atoms with E-state index < -0.39 is 0 Å². The lowest BCUT2D eigenvalue weighted by atomic mass is 9.97. The van der Waals surface area contributed by atoms with Gasteiger partial charge in [0.05, 0.1) is 11.6 Å². The van der Waals surface area contributed by atoms with E-state index in [0.29, 0.717) is 11.5 Å². The number of rotatable bonds is 7. The number of anilines is 1. The Bertz CT molecular complexity index is 1090. The van der Waals surface area contributed by atoms with E-state index in [1.165, 1.54) is 28.7 Å². The largest absolute Gasteiger partial charge is 0.369 e. The summed E-state index contributed by atoms with van der Waals surface area (Å²) in [5.41, 5.74) is 2.14. The molecule has 0 bridgehead atoms. The van der Waals surface area contributed by atoms with E-state index in [9.17, 15) is 0 Å². The highest BCUT2D eigenvalue weighted by Crippen LogP contribution is 2.39. The van der Waals surface area contributed by atoms with Crippen molar-refractivity contribution >= 4 is 27.4 Å². The van der Waals surface area contributed by atoms with E-state index >= 15 is 0 Å². The highest BCUT2D eigenvalue weighted by molar-refractivity contribution is 7.19. The minimum atomic E-state index is 0.635. The molecule has 4 heterocycles. The van der Waals surface area contributed by atoms with E-state index in [2.05, 4.69) is 25.5 Å². The number of fused-ring (bicyclic) bond motifs is 3. The first kappa shape index (κ1) is 18.1. The molecule has 4 aromatic heterocycles. The summed E-state index contributed by atoms with van der Waals surface area (Å²) in [6.07, 6.45) is 15.4. The topological polar surface area (TPSA) is 94.3 Å². The minimum absolute atomic E-state index is 0.635. The molecule has 5 rings (SSSR count). The average molecular weight is 407 g/mol. The molecule has 0 atom stereocenters. The van der Waals surface area contributed by atoms with Crippen LogP contribution in [0.5, 0.6) is 0 Å². The third-order valence-corrected chi connectivity index (χ3v) is 6.39. The van der Waals surface area contributed by atoms with E-state index in [1.54, 1.807) is 31.2 Å². The number of hydrogen-bond donors (Lipinski definition) is 1. The van der Waals surface area contributed by atoms with Crippen molar-refractivity contribution in [1.29, 1.82) is 0 Å². The second-order valence-electron chi connectivity index (χ2n) is 7.21. The molecule has 0 saturated carbocycles. The summed E-state index contributed by atoms with van der Waals surface area (Å²) < 4.78 is 2.00. The van der Waals surface area contributed by atoms with Gasteiger partial charge in [-0.25, -0.2) is 15.0 Å². The number of aromatic nitrogens is 7. The number of aryl methyl sites for hydroxylation is 3. The average Bonchev–Trinajstić information content (AvgIpc) is 3.41. The molecule has 29 heavy (non-hydrogen) atoms. The van der Waals surface area contributed by atoms with E-state index in [4.69, 9.17) is 9.97 Å². The Morgan fingerprint density at radius 3 is 2.79 bits per heavy atom. The normalized spacial score (nSPS) is 13.5. The zero-order chi connectivity index (χ0) is 19.5. The molecule has 0 radical (unpaired) electrons. The standard InChI is InChI=1S/C20H22N8S/c1-2-6-16-14(5-1)17-19(23-7-3-4-10-28-12-24-25-13-28)26-18(27-20(17)29-16)15-11-21-8-9-22-15/h8-9,11-13H,1-7,10H2,(H,23,26,27). The predicted molar refractivity (Wildman–Crippen MR) is 113 cm³/mol. The summed E-state index contributed by atoms with van der Waals surface area (Å²) in [7, 11) is 0. The zero-order valence-electron chi connectivity index (χ0n) is 16.1. The molecular formula is C20H22N8S. The SMILES string of the molecule is c1cnc(-c2nc(NCCCCn3cnnc3)c3c4c(sc3n2)CCCC4)cn1. The van der Waals surface area contributed by atoms with Crippen LogP contribution in [0, 0.1) is 0 Å². The van der Waals surface area contributed by atoms with Crippen molar-refractivity contribution < 1.29 is 0 Å². The fourth-order valence-corrected chi connectivity index (χ4v) is 5.04. The Balaban J connectivity index is 1.41. The molecule has 4 aromatic rings. The van der Waals surface area contributed by atoms with Crippen LogP contribution in [0.2, 0.25) is 0 Å². The van der Waals surface area contributed by atoms with Gasteiger partial charge in [0.15, 0.2) is 5.82 Å². The first-order chi connectivity index (χ1) is 14.4. The van der Waals surface area contributed by atoms with Gasteiger partial charge in [-0.3, -0.25) is 4.98 Å². The third-order valence-electron chi connectivity index (χ3n) is 5.21. The minimum Gasteiger partial charge on any atom is -0.369 e. The first-order valence-electron chi connectivity index (χ1n) is 10.0. The molecule has 0 aromatic carbocycles. The fourth-order valence-electron chi connectivity index (χ4n) is 3.78. The molecule has 0 amide bonds. The quantitative estimate of drug-likeness (QED) is 0.469. The van der Waals surface area contributed by atoms with Crippen molar-refractivity contribution in [2.24, 2.45) is 0 Å². The second kappa shape index (κ2) is 8.20. The molecule has 9 heteroatoms. The van der Waals surface area contributed by atoms with Crippen LogP contribution >= 0.6 is 11.3 Å². The Hall–Kier alpha value is -2.94. The van der Waals surface area contributed by atoms with E-state index in [1.807, 2.05) is 15.9 Å². The first-order valence-corrected chi connectivity index (χ1v) is 10.8. The lowest BCUT2D eigenvalue weighted by Crippen LogP contribution is -2.08. The molecule has 148 valence electrons. The smallest absolute Gasteiger partial charge is 0.183 e. The van der Waals surface area contributed by atoms with Crippen molar-refractivity contribution in [2.75, 3.05) is 11.9 Å². The van der Waals surface area contributed by atoms with Gasteiger partial charge in [0.2, 0.25) is 0 Å². The van der Waals surface area contributed by atoms with Gasteiger partial charge in [-0.05, 0) is 44.1 Å². The Labute approximate surface area is 172 Å². The molecule has 0 aliphatic heterocycles. The van der Waals surface area contributed by atoms with Gasteiger partial charge in [0, 0.05) is 30.4 Å². The summed E-state index contributed by atoms with van der Waals surface area (Å²) in [5.74, 6) is 1.57. The van der Waals surface area contributed by atoms with Gasteiger partial charge in [-0.2, -0.15) is 0 Å². The van der Waals surface area contributed by atoms with Crippen molar-refractivity contribution in [3.8, 4) is 11.5 Å². The van der Waals surface area contributed by atoms with Crippen LogP contribution in [0.4, 0.5) is 5.82 Å². The van der Waals surface area contributed by atoms with Crippen molar-refractivity contribution in [1.82, 2.24) is 34.7 Å². The summed E-state index contributed by atoms with van der Waals surface area (Å²) in [4.78, 5) is 20.8. The fraction of sp³-hybridized carbons (Fsp3) is 0.400. The molecular weight excluding hydrogens is 384 g/mol. The van der Waals surface area contributed by atoms with Crippen LogP contribution in [0.3, 0.4) is 0 Å². The van der Waals surface area contributed by atoms with Crippen molar-refractivity contribution in [2.45, 2.75) is 45.1 Å². The van der Waals surface area contributed by atoms with Gasteiger partial charge < -0.3 is 9.88 Å². The second-order valence-corrected chi connectivity index (χ2v) is 8.29. The number of hydrogen-bond acceptors (Lipinski definition) is 8. The maximum Gasteiger partial charge on any atom is 0.183 e. The lowest BCUT2D eigenvalue weighted by molar-refractivity contribution is 0.619. The molecule has 0 fully saturated rings. The summed E-state index contributed by atoms with van der Waals surface area (Å²) in [6.45, 7) is 1.78. The maximum atomic E-state index is 4.86. The van der Waals surface area contributed by atoms with Gasteiger partial charge in [0.25, 0.3) is 0 Å². The molecule has 8 nitrogen and oxygen atoms in total. The number of nitrogens with one attached hydrogen (secondary N) is 1. The third kappa shape index (κ3) is 3.82. The number of unbranched alkanes of at least 4 members (excludes halogenated alkanes) is 1. The van der Waals surface area contributed by atoms with Gasteiger partial charge in [-0.1, -0.05) is 0 Å². The monoisotopic (exact) mass is 406 g/mol. The zero-order valence-corrected chi connectivity index (χ0v) is 16.9. The van der Waals surface area contributed by atoms with E-state index in [0.717, 1.165) is 49.4 Å². The van der Waals surface area contributed by atoms with Crippen LogP contribution in [0.1, 0.15) is 36.1 Å². The molecule has 0 spiro atoms. The van der Waals surface area contributed by atoms with E-state index in [-0.39, 0.29) is 0 Å². The Morgan fingerprint density at radius 1 is 1.03 bits per heavy atom. The number of nitrogens with zero attached hydrogens (tertiary/aromatic N) is 7. The molecule has 1 N–H and O–H groups in total. The Kier molecular flexibility index (Phi) is 5.12. The van der Waals surface area contributed by atoms with Crippen LogP contribution in [0.25, 0.3) is 21.7 Å². The summed E-state index contributed by atoms with van der Waals surface area (Å²) in [5, 5.41) is 12.5. The van der Waals surface area contributed by atoms with Gasteiger partial charge in [0.1, 0.15) is 29.0 Å². The highest BCUT2D eigenvalue weighted by atomic mass is 32.1. The molecule has 1 aliphatic rings. The number of thiophene rings is 1.